The molecule has 2 heterocycles. The van der Waals surface area contributed by atoms with Crippen molar-refractivity contribution in [2.75, 3.05) is 0 Å². The monoisotopic (exact) mass is 261 g/mol. The lowest BCUT2D eigenvalue weighted by Crippen LogP contribution is -2.10. The molecule has 0 saturated heterocycles. The Morgan fingerprint density at radius 1 is 1.22 bits per heavy atom. The van der Waals surface area contributed by atoms with Crippen molar-refractivity contribution in [1.29, 1.82) is 0 Å². The highest BCUT2D eigenvalue weighted by atomic mass is 35.5. The van der Waals surface area contributed by atoms with E-state index in [1.54, 1.807) is 12.3 Å². The lowest BCUT2D eigenvalue weighted by atomic mass is 10.1. The van der Waals surface area contributed by atoms with Crippen molar-refractivity contribution in [2.24, 2.45) is 5.73 Å². The van der Waals surface area contributed by atoms with Crippen LogP contribution in [0.15, 0.2) is 45.4 Å². The SMILES string of the molecule is Cc1occc1C(N)c1cc2cc(Cl)ccc2o1. The van der Waals surface area contributed by atoms with Crippen LogP contribution in [-0.4, -0.2) is 0 Å². The maximum Gasteiger partial charge on any atom is 0.134 e. The third-order valence-electron chi connectivity index (χ3n) is 3.04. The summed E-state index contributed by atoms with van der Waals surface area (Å²) in [5.41, 5.74) is 7.89. The van der Waals surface area contributed by atoms with Gasteiger partial charge < -0.3 is 14.6 Å². The van der Waals surface area contributed by atoms with Gasteiger partial charge in [0.05, 0.1) is 12.3 Å². The molecular formula is C14H12ClNO2. The summed E-state index contributed by atoms with van der Waals surface area (Å²) >= 11 is 5.94. The molecule has 0 aliphatic carbocycles. The quantitative estimate of drug-likeness (QED) is 0.757. The van der Waals surface area contributed by atoms with Crippen LogP contribution in [0.25, 0.3) is 11.0 Å². The molecule has 0 saturated carbocycles. The smallest absolute Gasteiger partial charge is 0.134 e. The van der Waals surface area contributed by atoms with Gasteiger partial charge in [-0.15, -0.1) is 0 Å². The van der Waals surface area contributed by atoms with E-state index in [0.29, 0.717) is 10.8 Å². The molecule has 3 rings (SSSR count). The molecule has 18 heavy (non-hydrogen) atoms. The van der Waals surface area contributed by atoms with Crippen LogP contribution in [0.4, 0.5) is 0 Å². The van der Waals surface area contributed by atoms with Crippen LogP contribution in [0.2, 0.25) is 5.02 Å². The van der Waals surface area contributed by atoms with E-state index < -0.39 is 0 Å². The average molecular weight is 262 g/mol. The molecule has 4 heteroatoms. The van der Waals surface area contributed by atoms with Crippen molar-refractivity contribution in [3.05, 3.63) is 58.7 Å². The Morgan fingerprint density at radius 2 is 2.06 bits per heavy atom. The van der Waals surface area contributed by atoms with E-state index >= 15 is 0 Å². The number of fused-ring (bicyclic) bond motifs is 1. The van der Waals surface area contributed by atoms with Gasteiger partial charge in [-0.1, -0.05) is 11.6 Å². The van der Waals surface area contributed by atoms with Crippen molar-refractivity contribution >= 4 is 22.6 Å². The minimum Gasteiger partial charge on any atom is -0.469 e. The summed E-state index contributed by atoms with van der Waals surface area (Å²) in [4.78, 5) is 0. The molecule has 0 radical (unpaired) electrons. The molecule has 0 aliphatic heterocycles. The summed E-state index contributed by atoms with van der Waals surface area (Å²) in [5.74, 6) is 1.51. The summed E-state index contributed by atoms with van der Waals surface area (Å²) in [5, 5.41) is 1.64. The van der Waals surface area contributed by atoms with Gasteiger partial charge in [-0.3, -0.25) is 0 Å². The van der Waals surface area contributed by atoms with Gasteiger partial charge in [0, 0.05) is 16.0 Å². The molecule has 3 nitrogen and oxygen atoms in total. The first-order valence-electron chi connectivity index (χ1n) is 5.64. The van der Waals surface area contributed by atoms with E-state index in [9.17, 15) is 0 Å². The van der Waals surface area contributed by atoms with Crippen molar-refractivity contribution in [2.45, 2.75) is 13.0 Å². The Kier molecular flexibility index (Phi) is 2.65. The second-order valence-electron chi connectivity index (χ2n) is 4.24. The molecule has 0 fully saturated rings. The highest BCUT2D eigenvalue weighted by Gasteiger charge is 2.17. The van der Waals surface area contributed by atoms with Gasteiger partial charge in [-0.05, 0) is 37.3 Å². The number of benzene rings is 1. The summed E-state index contributed by atoms with van der Waals surface area (Å²) in [6, 6.07) is 8.95. The number of aryl methyl sites for hydroxylation is 1. The predicted molar refractivity (Wildman–Crippen MR) is 70.7 cm³/mol. The zero-order chi connectivity index (χ0) is 12.7. The molecular weight excluding hydrogens is 250 g/mol. The summed E-state index contributed by atoms with van der Waals surface area (Å²) in [6.07, 6.45) is 1.63. The van der Waals surface area contributed by atoms with Gasteiger partial charge in [-0.25, -0.2) is 0 Å². The number of nitrogens with two attached hydrogens (primary N) is 1. The van der Waals surface area contributed by atoms with Crippen LogP contribution in [0, 0.1) is 6.92 Å². The van der Waals surface area contributed by atoms with Gasteiger partial charge in [0.2, 0.25) is 0 Å². The number of rotatable bonds is 2. The standard InChI is InChI=1S/C14H12ClNO2/c1-8-11(4-5-17-8)14(16)13-7-9-6-10(15)2-3-12(9)18-13/h2-7,14H,16H2,1H3. The minimum atomic E-state index is -0.324. The first-order chi connectivity index (χ1) is 8.65. The van der Waals surface area contributed by atoms with E-state index in [0.717, 1.165) is 22.3 Å². The summed E-state index contributed by atoms with van der Waals surface area (Å²) in [7, 11) is 0. The highest BCUT2D eigenvalue weighted by Crippen LogP contribution is 2.29. The van der Waals surface area contributed by atoms with Gasteiger partial charge in [0.1, 0.15) is 17.1 Å². The topological polar surface area (TPSA) is 52.3 Å². The fraction of sp³-hybridized carbons (Fsp3) is 0.143. The second-order valence-corrected chi connectivity index (χ2v) is 4.68. The van der Waals surface area contributed by atoms with Crippen LogP contribution in [0.5, 0.6) is 0 Å². The molecule has 0 aliphatic rings. The van der Waals surface area contributed by atoms with Crippen molar-refractivity contribution < 1.29 is 8.83 Å². The normalized spacial score (nSPS) is 13.1. The number of hydrogen-bond acceptors (Lipinski definition) is 3. The molecule has 1 atom stereocenters. The maximum absolute atomic E-state index is 6.18. The maximum atomic E-state index is 6.18. The molecule has 3 aromatic rings. The van der Waals surface area contributed by atoms with E-state index in [1.165, 1.54) is 0 Å². The van der Waals surface area contributed by atoms with Crippen molar-refractivity contribution in [3.8, 4) is 0 Å². The van der Waals surface area contributed by atoms with Gasteiger partial charge in [0.15, 0.2) is 0 Å². The molecule has 0 bridgehead atoms. The Morgan fingerprint density at radius 3 is 2.78 bits per heavy atom. The Balaban J connectivity index is 2.07. The Hall–Kier alpha value is -1.71. The molecule has 1 aromatic carbocycles. The Labute approximate surface area is 109 Å². The second kappa shape index (κ2) is 4.19. The summed E-state index contributed by atoms with van der Waals surface area (Å²) < 4.78 is 11.0. The third kappa shape index (κ3) is 1.82. The van der Waals surface area contributed by atoms with E-state index in [2.05, 4.69) is 0 Å². The molecule has 2 aromatic heterocycles. The van der Waals surface area contributed by atoms with E-state index in [1.807, 2.05) is 31.2 Å². The van der Waals surface area contributed by atoms with Crippen LogP contribution in [0.1, 0.15) is 23.1 Å². The number of furan rings is 2. The number of hydrogen-bond donors (Lipinski definition) is 1. The van der Waals surface area contributed by atoms with Gasteiger partial charge in [0.25, 0.3) is 0 Å². The summed E-state index contributed by atoms with van der Waals surface area (Å²) in [6.45, 7) is 1.88. The minimum absolute atomic E-state index is 0.324. The molecule has 2 N–H and O–H groups in total. The van der Waals surface area contributed by atoms with Crippen LogP contribution < -0.4 is 5.73 Å². The molecule has 0 amide bonds. The van der Waals surface area contributed by atoms with Gasteiger partial charge >= 0.3 is 0 Å². The van der Waals surface area contributed by atoms with Crippen molar-refractivity contribution in [1.82, 2.24) is 0 Å². The van der Waals surface area contributed by atoms with E-state index in [-0.39, 0.29) is 6.04 Å². The first-order valence-corrected chi connectivity index (χ1v) is 6.01. The zero-order valence-electron chi connectivity index (χ0n) is 9.81. The zero-order valence-corrected chi connectivity index (χ0v) is 10.6. The third-order valence-corrected chi connectivity index (χ3v) is 3.27. The lowest BCUT2D eigenvalue weighted by Gasteiger charge is -2.06. The number of halogens is 1. The fourth-order valence-corrected chi connectivity index (χ4v) is 2.24. The largest absolute Gasteiger partial charge is 0.469 e. The Bertz CT molecular complexity index is 699. The molecule has 0 spiro atoms. The molecule has 1 unspecified atom stereocenters. The van der Waals surface area contributed by atoms with Gasteiger partial charge in [-0.2, -0.15) is 0 Å². The highest BCUT2D eigenvalue weighted by molar-refractivity contribution is 6.31. The average Bonchev–Trinajstić information content (AvgIpc) is 2.93. The fourth-order valence-electron chi connectivity index (χ4n) is 2.06. The van der Waals surface area contributed by atoms with Crippen LogP contribution in [-0.2, 0) is 0 Å². The lowest BCUT2D eigenvalue weighted by molar-refractivity contribution is 0.504. The molecule has 92 valence electrons. The van der Waals surface area contributed by atoms with Crippen LogP contribution >= 0.6 is 11.6 Å². The van der Waals surface area contributed by atoms with E-state index in [4.69, 9.17) is 26.2 Å². The first kappa shape index (κ1) is 11.4. The van der Waals surface area contributed by atoms with Crippen LogP contribution in [0.3, 0.4) is 0 Å². The van der Waals surface area contributed by atoms with Crippen molar-refractivity contribution in [3.63, 3.8) is 0 Å². The predicted octanol–water partition coefficient (Wildman–Crippen LogP) is 4.04.